The minimum Gasteiger partial charge on any atom is -0.351 e. The smallest absolute Gasteiger partial charge is 0.270 e. The number of amides is 1. The summed E-state index contributed by atoms with van der Waals surface area (Å²) in [5.74, 6) is 0.857. The maximum absolute atomic E-state index is 12.6. The zero-order chi connectivity index (χ0) is 14.1. The normalized spacial score (nSPS) is 14.7. The third-order valence-electron chi connectivity index (χ3n) is 3.77. The van der Waals surface area contributed by atoms with Crippen molar-refractivity contribution in [3.8, 4) is 0 Å². The third kappa shape index (κ3) is 2.90. The minimum absolute atomic E-state index is 0.131. The van der Waals surface area contributed by atoms with Crippen LogP contribution in [0.4, 0.5) is 0 Å². The predicted octanol–water partition coefficient (Wildman–Crippen LogP) is 4.19. The Labute approximate surface area is 127 Å². The van der Waals surface area contributed by atoms with Gasteiger partial charge in [0.15, 0.2) is 0 Å². The van der Waals surface area contributed by atoms with Crippen LogP contribution in [-0.2, 0) is 0 Å². The molecule has 1 saturated carbocycles. The Bertz CT molecular complexity index is 630. The van der Waals surface area contributed by atoms with Crippen LogP contribution in [0, 0.1) is 5.92 Å². The molecule has 106 valence electrons. The fourth-order valence-electron chi connectivity index (χ4n) is 2.55. The molecule has 1 aromatic carbocycles. The van der Waals surface area contributed by atoms with E-state index in [1.54, 1.807) is 0 Å². The van der Waals surface area contributed by atoms with Crippen molar-refractivity contribution in [3.05, 3.63) is 34.4 Å². The van der Waals surface area contributed by atoms with Crippen molar-refractivity contribution in [3.63, 3.8) is 0 Å². The molecule has 1 amide bonds. The van der Waals surface area contributed by atoms with E-state index in [1.807, 2.05) is 29.2 Å². The fraction of sp³-hybridized carbons (Fsp3) is 0.438. The van der Waals surface area contributed by atoms with E-state index >= 15 is 0 Å². The molecule has 20 heavy (non-hydrogen) atoms. The first-order chi connectivity index (χ1) is 9.67. The van der Waals surface area contributed by atoms with E-state index in [1.165, 1.54) is 12.8 Å². The van der Waals surface area contributed by atoms with Crippen LogP contribution in [0.5, 0.6) is 0 Å². The van der Waals surface area contributed by atoms with E-state index in [4.69, 9.17) is 0 Å². The van der Waals surface area contributed by atoms with Crippen LogP contribution in [0.15, 0.2) is 28.7 Å². The molecule has 1 fully saturated rings. The molecule has 1 N–H and O–H groups in total. The molecule has 0 unspecified atom stereocenters. The number of rotatable bonds is 5. The standard InChI is InChI=1S/C16H19BrN2O/c1-2-7-19(10-11-3-4-11)16(20)15-9-12-8-13(17)5-6-14(12)18-15/h5-6,8-9,11,18H,2-4,7,10H2,1H3. The van der Waals surface area contributed by atoms with Gasteiger partial charge < -0.3 is 9.88 Å². The molecule has 1 aliphatic rings. The van der Waals surface area contributed by atoms with Crippen molar-refractivity contribution in [1.82, 2.24) is 9.88 Å². The van der Waals surface area contributed by atoms with Gasteiger partial charge in [0.2, 0.25) is 0 Å². The van der Waals surface area contributed by atoms with Crippen LogP contribution < -0.4 is 0 Å². The van der Waals surface area contributed by atoms with Gasteiger partial charge in [0.25, 0.3) is 5.91 Å². The summed E-state index contributed by atoms with van der Waals surface area (Å²) in [7, 11) is 0. The Kier molecular flexibility index (Phi) is 3.83. The molecule has 0 bridgehead atoms. The maximum Gasteiger partial charge on any atom is 0.270 e. The van der Waals surface area contributed by atoms with E-state index in [0.29, 0.717) is 5.69 Å². The molecule has 2 aromatic rings. The van der Waals surface area contributed by atoms with E-state index in [9.17, 15) is 4.79 Å². The molecule has 0 aliphatic heterocycles. The highest BCUT2D eigenvalue weighted by molar-refractivity contribution is 9.10. The van der Waals surface area contributed by atoms with Crippen molar-refractivity contribution in [2.45, 2.75) is 26.2 Å². The molecule has 0 atom stereocenters. The monoisotopic (exact) mass is 334 g/mol. The number of hydrogen-bond acceptors (Lipinski definition) is 1. The molecule has 1 aliphatic carbocycles. The number of aromatic amines is 1. The van der Waals surface area contributed by atoms with Crippen LogP contribution >= 0.6 is 15.9 Å². The first kappa shape index (κ1) is 13.7. The molecular weight excluding hydrogens is 316 g/mol. The number of aromatic nitrogens is 1. The lowest BCUT2D eigenvalue weighted by atomic mass is 10.2. The highest BCUT2D eigenvalue weighted by Crippen LogP contribution is 2.30. The second kappa shape index (κ2) is 5.60. The van der Waals surface area contributed by atoms with Gasteiger partial charge in [-0.25, -0.2) is 0 Å². The largest absolute Gasteiger partial charge is 0.351 e. The zero-order valence-corrected chi connectivity index (χ0v) is 13.2. The minimum atomic E-state index is 0.131. The van der Waals surface area contributed by atoms with Crippen LogP contribution in [0.3, 0.4) is 0 Å². The fourth-order valence-corrected chi connectivity index (χ4v) is 2.93. The molecule has 3 nitrogen and oxygen atoms in total. The number of H-pyrrole nitrogens is 1. The first-order valence-electron chi connectivity index (χ1n) is 7.25. The molecular formula is C16H19BrN2O. The van der Waals surface area contributed by atoms with Crippen molar-refractivity contribution in [1.29, 1.82) is 0 Å². The van der Waals surface area contributed by atoms with E-state index < -0.39 is 0 Å². The van der Waals surface area contributed by atoms with Gasteiger partial charge in [-0.2, -0.15) is 0 Å². The molecule has 1 heterocycles. The maximum atomic E-state index is 12.6. The summed E-state index contributed by atoms with van der Waals surface area (Å²) >= 11 is 3.46. The Hall–Kier alpha value is -1.29. The van der Waals surface area contributed by atoms with Gasteiger partial charge in [0, 0.05) is 28.5 Å². The second-order valence-electron chi connectivity index (χ2n) is 5.61. The van der Waals surface area contributed by atoms with Gasteiger partial charge in [-0.05, 0) is 49.4 Å². The number of carbonyl (C=O) groups is 1. The molecule has 0 spiro atoms. The Morgan fingerprint density at radius 1 is 1.40 bits per heavy atom. The Morgan fingerprint density at radius 3 is 2.90 bits per heavy atom. The van der Waals surface area contributed by atoms with Gasteiger partial charge in [-0.1, -0.05) is 22.9 Å². The lowest BCUT2D eigenvalue weighted by Gasteiger charge is -2.21. The third-order valence-corrected chi connectivity index (χ3v) is 4.26. The van der Waals surface area contributed by atoms with Gasteiger partial charge in [0.05, 0.1) is 0 Å². The summed E-state index contributed by atoms with van der Waals surface area (Å²) in [6.07, 6.45) is 3.55. The summed E-state index contributed by atoms with van der Waals surface area (Å²) in [5.41, 5.74) is 1.71. The van der Waals surface area contributed by atoms with Gasteiger partial charge >= 0.3 is 0 Å². The number of halogens is 1. The molecule has 3 rings (SSSR count). The van der Waals surface area contributed by atoms with Crippen molar-refractivity contribution in [2.24, 2.45) is 5.92 Å². The lowest BCUT2D eigenvalue weighted by Crippen LogP contribution is -2.33. The summed E-state index contributed by atoms with van der Waals surface area (Å²) in [4.78, 5) is 17.9. The number of benzene rings is 1. The highest BCUT2D eigenvalue weighted by Gasteiger charge is 2.27. The van der Waals surface area contributed by atoms with E-state index in [2.05, 4.69) is 27.8 Å². The molecule has 0 saturated heterocycles. The van der Waals surface area contributed by atoms with Gasteiger partial charge in [-0.15, -0.1) is 0 Å². The van der Waals surface area contributed by atoms with Gasteiger partial charge in [0.1, 0.15) is 5.69 Å². The predicted molar refractivity (Wildman–Crippen MR) is 84.9 cm³/mol. The molecule has 4 heteroatoms. The number of fused-ring (bicyclic) bond motifs is 1. The second-order valence-corrected chi connectivity index (χ2v) is 6.52. The number of nitrogens with zero attached hydrogens (tertiary/aromatic N) is 1. The zero-order valence-electron chi connectivity index (χ0n) is 11.7. The molecule has 0 radical (unpaired) electrons. The van der Waals surface area contributed by atoms with E-state index in [-0.39, 0.29) is 5.91 Å². The number of hydrogen-bond donors (Lipinski definition) is 1. The van der Waals surface area contributed by atoms with Crippen LogP contribution in [0.25, 0.3) is 10.9 Å². The van der Waals surface area contributed by atoms with Crippen molar-refractivity contribution < 1.29 is 4.79 Å². The van der Waals surface area contributed by atoms with E-state index in [0.717, 1.165) is 40.8 Å². The van der Waals surface area contributed by atoms with Gasteiger partial charge in [-0.3, -0.25) is 4.79 Å². The highest BCUT2D eigenvalue weighted by atomic mass is 79.9. The topological polar surface area (TPSA) is 36.1 Å². The summed E-state index contributed by atoms with van der Waals surface area (Å²) < 4.78 is 1.03. The Balaban J connectivity index is 1.85. The quantitative estimate of drug-likeness (QED) is 0.874. The van der Waals surface area contributed by atoms with Crippen molar-refractivity contribution >= 4 is 32.7 Å². The first-order valence-corrected chi connectivity index (χ1v) is 8.04. The summed E-state index contributed by atoms with van der Waals surface area (Å²) in [5, 5.41) is 1.07. The van der Waals surface area contributed by atoms with Crippen LogP contribution in [0.2, 0.25) is 0 Å². The lowest BCUT2D eigenvalue weighted by molar-refractivity contribution is 0.0743. The van der Waals surface area contributed by atoms with Crippen molar-refractivity contribution in [2.75, 3.05) is 13.1 Å². The number of carbonyl (C=O) groups excluding carboxylic acids is 1. The average molecular weight is 335 g/mol. The average Bonchev–Trinajstić information content (AvgIpc) is 3.14. The molecule has 1 aromatic heterocycles. The van der Waals surface area contributed by atoms with Crippen LogP contribution in [-0.4, -0.2) is 28.9 Å². The SMILES string of the molecule is CCCN(CC1CC1)C(=O)c1cc2cc(Br)ccc2[nH]1. The van der Waals surface area contributed by atoms with Crippen LogP contribution in [0.1, 0.15) is 36.7 Å². The summed E-state index contributed by atoms with van der Waals surface area (Å²) in [6.45, 7) is 3.87. The number of nitrogens with one attached hydrogen (secondary N) is 1. The Morgan fingerprint density at radius 2 is 2.20 bits per heavy atom. The summed E-state index contributed by atoms with van der Waals surface area (Å²) in [6, 6.07) is 7.98.